The molecule has 13 heavy (non-hydrogen) atoms. The Morgan fingerprint density at radius 2 is 2.46 bits per heavy atom. The molecule has 0 saturated carbocycles. The number of rotatable bonds is 4. The quantitative estimate of drug-likeness (QED) is 0.769. The number of hydrogen-bond donors (Lipinski definition) is 1. The second kappa shape index (κ2) is 4.07. The van der Waals surface area contributed by atoms with E-state index in [1.807, 2.05) is 26.1 Å². The molecule has 0 aliphatic rings. The molecule has 1 rings (SSSR count). The molecule has 0 fully saturated rings. The third kappa shape index (κ3) is 2.57. The summed E-state index contributed by atoms with van der Waals surface area (Å²) in [7, 11) is 0. The highest BCUT2D eigenvalue weighted by Crippen LogP contribution is 2.14. The molecule has 0 radical (unpaired) electrons. The number of hydrogen-bond acceptors (Lipinski definition) is 2. The molecular weight excluding hydrogens is 168 g/mol. The molecule has 0 amide bonds. The largest absolute Gasteiger partial charge is 0.481 e. The molecule has 4 nitrogen and oxygen atoms in total. The average Bonchev–Trinajstić information content (AvgIpc) is 2.47. The van der Waals surface area contributed by atoms with Crippen LogP contribution in [0.2, 0.25) is 0 Å². The number of nitrogens with zero attached hydrogens (tertiary/aromatic N) is 2. The molecule has 0 aliphatic heterocycles. The van der Waals surface area contributed by atoms with Crippen LogP contribution in [0.15, 0.2) is 12.3 Å². The van der Waals surface area contributed by atoms with Crippen LogP contribution in [0.1, 0.15) is 31.5 Å². The molecule has 0 spiro atoms. The molecule has 1 aromatic heterocycles. The summed E-state index contributed by atoms with van der Waals surface area (Å²) >= 11 is 0. The lowest BCUT2D eigenvalue weighted by molar-refractivity contribution is -0.138. The monoisotopic (exact) mass is 182 g/mol. The first-order chi connectivity index (χ1) is 6.13. The number of aryl methyl sites for hydroxylation is 1. The smallest absolute Gasteiger partial charge is 0.305 e. The normalized spacial score (nSPS) is 12.8. The van der Waals surface area contributed by atoms with Gasteiger partial charge in [0, 0.05) is 6.20 Å². The van der Waals surface area contributed by atoms with Gasteiger partial charge in [-0.05, 0) is 19.4 Å². The van der Waals surface area contributed by atoms with Crippen molar-refractivity contribution >= 4 is 5.97 Å². The van der Waals surface area contributed by atoms with E-state index in [0.29, 0.717) is 0 Å². The van der Waals surface area contributed by atoms with E-state index in [-0.39, 0.29) is 12.5 Å². The van der Waals surface area contributed by atoms with Crippen molar-refractivity contribution in [2.75, 3.05) is 0 Å². The van der Waals surface area contributed by atoms with Crippen molar-refractivity contribution < 1.29 is 9.90 Å². The fourth-order valence-electron chi connectivity index (χ4n) is 1.26. The minimum absolute atomic E-state index is 0.0220. The number of carboxylic acid groups (broad SMARTS) is 1. The van der Waals surface area contributed by atoms with Crippen LogP contribution in [-0.4, -0.2) is 20.9 Å². The standard InChI is InChI=1S/C9H14N2O2/c1-3-8(6-9(12)13)11-5-4-7(2)10-11/h4-5,8H,3,6H2,1-2H3,(H,12,13). The Balaban J connectivity index is 2.72. The Kier molecular flexibility index (Phi) is 3.06. The third-order valence-electron chi connectivity index (χ3n) is 2.00. The highest BCUT2D eigenvalue weighted by atomic mass is 16.4. The Labute approximate surface area is 77.2 Å². The fraction of sp³-hybridized carbons (Fsp3) is 0.556. The van der Waals surface area contributed by atoms with Gasteiger partial charge in [-0.3, -0.25) is 9.48 Å². The first-order valence-corrected chi connectivity index (χ1v) is 4.37. The maximum absolute atomic E-state index is 10.5. The molecule has 0 aromatic carbocycles. The van der Waals surface area contributed by atoms with E-state index in [4.69, 9.17) is 5.11 Å². The van der Waals surface area contributed by atoms with E-state index in [1.165, 1.54) is 0 Å². The predicted molar refractivity (Wildman–Crippen MR) is 48.5 cm³/mol. The van der Waals surface area contributed by atoms with Gasteiger partial charge >= 0.3 is 5.97 Å². The van der Waals surface area contributed by atoms with E-state index in [9.17, 15) is 4.79 Å². The van der Waals surface area contributed by atoms with Crippen LogP contribution in [0, 0.1) is 6.92 Å². The van der Waals surface area contributed by atoms with E-state index in [0.717, 1.165) is 12.1 Å². The Bertz CT molecular complexity index is 294. The van der Waals surface area contributed by atoms with Gasteiger partial charge in [0.25, 0.3) is 0 Å². The van der Waals surface area contributed by atoms with Crippen LogP contribution in [-0.2, 0) is 4.79 Å². The summed E-state index contributed by atoms with van der Waals surface area (Å²) in [5, 5.41) is 12.8. The summed E-state index contributed by atoms with van der Waals surface area (Å²) in [4.78, 5) is 10.5. The molecule has 1 N–H and O–H groups in total. The van der Waals surface area contributed by atoms with Crippen molar-refractivity contribution in [3.63, 3.8) is 0 Å². The highest BCUT2D eigenvalue weighted by molar-refractivity contribution is 5.67. The zero-order valence-electron chi connectivity index (χ0n) is 7.90. The Morgan fingerprint density at radius 3 is 2.85 bits per heavy atom. The van der Waals surface area contributed by atoms with Gasteiger partial charge in [-0.25, -0.2) is 0 Å². The lowest BCUT2D eigenvalue weighted by Gasteiger charge is -2.12. The minimum atomic E-state index is -0.778. The van der Waals surface area contributed by atoms with Crippen LogP contribution in [0.5, 0.6) is 0 Å². The molecule has 1 unspecified atom stereocenters. The van der Waals surface area contributed by atoms with Crippen molar-refractivity contribution in [1.29, 1.82) is 0 Å². The van der Waals surface area contributed by atoms with Crippen LogP contribution in [0.4, 0.5) is 0 Å². The third-order valence-corrected chi connectivity index (χ3v) is 2.00. The van der Waals surface area contributed by atoms with Crippen LogP contribution in [0.3, 0.4) is 0 Å². The van der Waals surface area contributed by atoms with Crippen molar-refractivity contribution in [2.24, 2.45) is 0 Å². The summed E-state index contributed by atoms with van der Waals surface area (Å²) in [6.45, 7) is 3.86. The number of carbonyl (C=O) groups is 1. The molecule has 72 valence electrons. The number of aliphatic carboxylic acids is 1. The first-order valence-electron chi connectivity index (χ1n) is 4.37. The summed E-state index contributed by atoms with van der Waals surface area (Å²) < 4.78 is 1.73. The molecule has 0 saturated heterocycles. The summed E-state index contributed by atoms with van der Waals surface area (Å²) in [6.07, 6.45) is 2.75. The maximum atomic E-state index is 10.5. The van der Waals surface area contributed by atoms with E-state index < -0.39 is 5.97 Å². The van der Waals surface area contributed by atoms with Gasteiger partial charge < -0.3 is 5.11 Å². The SMILES string of the molecule is CCC(CC(=O)O)n1ccc(C)n1. The Hall–Kier alpha value is -1.32. The first kappa shape index (κ1) is 9.77. The molecule has 0 aliphatic carbocycles. The van der Waals surface area contributed by atoms with Gasteiger partial charge in [0.2, 0.25) is 0 Å². The molecule has 1 aromatic rings. The Morgan fingerprint density at radius 1 is 1.77 bits per heavy atom. The molecule has 1 atom stereocenters. The van der Waals surface area contributed by atoms with E-state index in [1.54, 1.807) is 4.68 Å². The number of carboxylic acids is 1. The second-order valence-electron chi connectivity index (χ2n) is 3.10. The van der Waals surface area contributed by atoms with Gasteiger partial charge in [-0.1, -0.05) is 6.92 Å². The summed E-state index contributed by atoms with van der Waals surface area (Å²) in [6, 6.07) is 1.86. The number of aromatic nitrogens is 2. The van der Waals surface area contributed by atoms with Gasteiger partial charge in [0.05, 0.1) is 18.2 Å². The van der Waals surface area contributed by atoms with Gasteiger partial charge in [0.1, 0.15) is 0 Å². The van der Waals surface area contributed by atoms with Gasteiger partial charge in [-0.15, -0.1) is 0 Å². The lowest BCUT2D eigenvalue weighted by atomic mass is 10.1. The topological polar surface area (TPSA) is 55.1 Å². The van der Waals surface area contributed by atoms with Crippen molar-refractivity contribution in [2.45, 2.75) is 32.7 Å². The minimum Gasteiger partial charge on any atom is -0.481 e. The zero-order valence-corrected chi connectivity index (χ0v) is 7.90. The maximum Gasteiger partial charge on any atom is 0.305 e. The fourth-order valence-corrected chi connectivity index (χ4v) is 1.26. The highest BCUT2D eigenvalue weighted by Gasteiger charge is 2.13. The average molecular weight is 182 g/mol. The molecule has 4 heteroatoms. The van der Waals surface area contributed by atoms with Gasteiger partial charge in [-0.2, -0.15) is 5.10 Å². The molecule has 0 bridgehead atoms. The molecular formula is C9H14N2O2. The zero-order chi connectivity index (χ0) is 9.84. The van der Waals surface area contributed by atoms with Crippen molar-refractivity contribution in [3.05, 3.63) is 18.0 Å². The second-order valence-corrected chi connectivity index (χ2v) is 3.10. The van der Waals surface area contributed by atoms with Crippen LogP contribution >= 0.6 is 0 Å². The van der Waals surface area contributed by atoms with Crippen molar-refractivity contribution in [3.8, 4) is 0 Å². The van der Waals surface area contributed by atoms with E-state index >= 15 is 0 Å². The predicted octanol–water partition coefficient (Wildman–Crippen LogP) is 1.62. The van der Waals surface area contributed by atoms with Crippen molar-refractivity contribution in [1.82, 2.24) is 9.78 Å². The van der Waals surface area contributed by atoms with E-state index in [2.05, 4.69) is 5.10 Å². The van der Waals surface area contributed by atoms with Crippen LogP contribution < -0.4 is 0 Å². The molecule has 1 heterocycles. The summed E-state index contributed by atoms with van der Waals surface area (Å²) in [5.74, 6) is -0.778. The van der Waals surface area contributed by atoms with Gasteiger partial charge in [0.15, 0.2) is 0 Å². The van der Waals surface area contributed by atoms with Crippen LogP contribution in [0.25, 0.3) is 0 Å². The summed E-state index contributed by atoms with van der Waals surface area (Å²) in [5.41, 5.74) is 0.920. The lowest BCUT2D eigenvalue weighted by Crippen LogP contribution is -2.13.